The Balaban J connectivity index is 0.000000250. The fourth-order valence-corrected chi connectivity index (χ4v) is 1.41. The number of nitrogens with zero attached hydrogens (tertiary/aromatic N) is 2. The van der Waals surface area contributed by atoms with E-state index in [0.29, 0.717) is 21.7 Å². The third kappa shape index (κ3) is 5.94. The minimum Gasteiger partial charge on any atom is -0.480 e. The van der Waals surface area contributed by atoms with Crippen LogP contribution in [-0.4, -0.2) is 32.9 Å². The van der Waals surface area contributed by atoms with Crippen LogP contribution in [0.25, 0.3) is 0 Å². The molecule has 0 aliphatic rings. The third-order valence-corrected chi connectivity index (χ3v) is 2.21. The van der Waals surface area contributed by atoms with Crippen LogP contribution in [0, 0.1) is 0 Å². The third-order valence-electron chi connectivity index (χ3n) is 1.68. The van der Waals surface area contributed by atoms with Gasteiger partial charge >= 0.3 is 5.97 Å². The lowest BCUT2D eigenvalue weighted by atomic mass is 10.3. The molecule has 0 saturated heterocycles. The largest absolute Gasteiger partial charge is 0.480 e. The van der Waals surface area contributed by atoms with E-state index < -0.39 is 12.6 Å². The summed E-state index contributed by atoms with van der Waals surface area (Å²) in [5.41, 5.74) is 5.05. The van der Waals surface area contributed by atoms with Gasteiger partial charge in [-0.3, -0.25) is 0 Å². The lowest BCUT2D eigenvalue weighted by molar-refractivity contribution is -0.139. The van der Waals surface area contributed by atoms with Crippen LogP contribution in [0.3, 0.4) is 0 Å². The van der Waals surface area contributed by atoms with E-state index in [1.54, 1.807) is 6.07 Å². The molecule has 7 nitrogen and oxygen atoms in total. The molecule has 0 saturated carbocycles. The van der Waals surface area contributed by atoms with Gasteiger partial charge in [0, 0.05) is 5.02 Å². The Morgan fingerprint density at radius 1 is 1.47 bits per heavy atom. The van der Waals surface area contributed by atoms with Crippen molar-refractivity contribution < 1.29 is 14.6 Å². The average Bonchev–Trinajstić information content (AvgIpc) is 2.80. The Labute approximate surface area is 118 Å². The summed E-state index contributed by atoms with van der Waals surface area (Å²) < 4.78 is 4.86. The number of aromatic nitrogens is 3. The van der Waals surface area contributed by atoms with Gasteiger partial charge < -0.3 is 15.6 Å². The molecule has 0 aliphatic carbocycles. The number of carboxylic acids is 1. The topological polar surface area (TPSA) is 114 Å². The first-order valence-corrected chi connectivity index (χ1v) is 5.65. The van der Waals surface area contributed by atoms with E-state index in [9.17, 15) is 4.79 Å². The van der Waals surface area contributed by atoms with Gasteiger partial charge in [-0.25, -0.2) is 14.9 Å². The van der Waals surface area contributed by atoms with Crippen molar-refractivity contribution in [1.29, 1.82) is 0 Å². The number of nitrogen functional groups attached to an aromatic ring is 1. The molecule has 0 spiro atoms. The van der Waals surface area contributed by atoms with Crippen molar-refractivity contribution in [3.05, 3.63) is 34.6 Å². The number of H-pyrrole nitrogens is 1. The molecule has 1 heterocycles. The standard InChI is InChI=1S/C8H6Cl2O3.C2H4N4/c9-5-1-2-7(6(10)3-5)13-4-8(11)12;3-2-4-1-5-6-2/h1-3H,4H2,(H,11,12);1H,(H3,3,4,5,6). The molecule has 2 rings (SSSR count). The molecule has 102 valence electrons. The summed E-state index contributed by atoms with van der Waals surface area (Å²) in [6.45, 7) is -0.415. The molecular weight excluding hydrogens is 295 g/mol. The Kier molecular flexibility index (Phi) is 5.91. The number of ether oxygens (including phenoxy) is 1. The number of halogens is 2. The highest BCUT2D eigenvalue weighted by Gasteiger charge is 2.04. The molecule has 0 radical (unpaired) electrons. The molecule has 1 aromatic carbocycles. The van der Waals surface area contributed by atoms with Gasteiger partial charge in [-0.2, -0.15) is 5.10 Å². The maximum absolute atomic E-state index is 10.2. The summed E-state index contributed by atoms with van der Waals surface area (Å²) in [6, 6.07) is 4.58. The first-order valence-electron chi connectivity index (χ1n) is 4.89. The number of aromatic amines is 1. The molecule has 19 heavy (non-hydrogen) atoms. The summed E-state index contributed by atoms with van der Waals surface area (Å²) in [5.74, 6) is -0.380. The summed E-state index contributed by atoms with van der Waals surface area (Å²) in [5, 5.41) is 15.0. The Hall–Kier alpha value is -1.99. The van der Waals surface area contributed by atoms with Crippen molar-refractivity contribution in [3.8, 4) is 5.75 Å². The Bertz CT molecular complexity index is 534. The van der Waals surface area contributed by atoms with E-state index in [2.05, 4.69) is 15.2 Å². The molecule has 4 N–H and O–H groups in total. The number of nitrogens with two attached hydrogens (primary N) is 1. The van der Waals surface area contributed by atoms with Gasteiger partial charge in [-0.05, 0) is 18.2 Å². The molecule has 0 aliphatic heterocycles. The second kappa shape index (κ2) is 7.45. The molecule has 2 aromatic rings. The molecule has 9 heteroatoms. The minimum atomic E-state index is -1.05. The van der Waals surface area contributed by atoms with E-state index >= 15 is 0 Å². The number of hydrogen-bond acceptors (Lipinski definition) is 5. The first kappa shape index (κ1) is 15.1. The second-order valence-electron chi connectivity index (χ2n) is 3.13. The number of rotatable bonds is 3. The van der Waals surface area contributed by atoms with Gasteiger partial charge in [0.05, 0.1) is 5.02 Å². The van der Waals surface area contributed by atoms with E-state index in [-0.39, 0.29) is 0 Å². The smallest absolute Gasteiger partial charge is 0.341 e. The minimum absolute atomic E-state index is 0.300. The number of hydrogen-bond donors (Lipinski definition) is 3. The van der Waals surface area contributed by atoms with Gasteiger partial charge in [-0.1, -0.05) is 23.2 Å². The molecular formula is C10H10Cl2N4O3. The number of benzene rings is 1. The Morgan fingerprint density at radius 2 is 2.21 bits per heavy atom. The van der Waals surface area contributed by atoms with Gasteiger partial charge in [0.2, 0.25) is 5.95 Å². The molecule has 0 unspecified atom stereocenters. The lowest BCUT2D eigenvalue weighted by Crippen LogP contribution is -2.09. The van der Waals surface area contributed by atoms with Crippen molar-refractivity contribution in [1.82, 2.24) is 15.2 Å². The van der Waals surface area contributed by atoms with Crippen molar-refractivity contribution in [3.63, 3.8) is 0 Å². The van der Waals surface area contributed by atoms with Crippen LogP contribution in [0.1, 0.15) is 0 Å². The van der Waals surface area contributed by atoms with Crippen molar-refractivity contribution in [2.45, 2.75) is 0 Å². The van der Waals surface area contributed by atoms with Crippen LogP contribution in [0.5, 0.6) is 5.75 Å². The maximum atomic E-state index is 10.2. The molecule has 1 aromatic heterocycles. The quantitative estimate of drug-likeness (QED) is 0.797. The SMILES string of the molecule is Nc1ncn[nH]1.O=C(O)COc1ccc(Cl)cc1Cl. The highest BCUT2D eigenvalue weighted by molar-refractivity contribution is 6.35. The van der Waals surface area contributed by atoms with E-state index in [4.69, 9.17) is 38.8 Å². The zero-order valence-corrected chi connectivity index (χ0v) is 11.0. The van der Waals surface area contributed by atoms with E-state index in [1.165, 1.54) is 18.5 Å². The van der Waals surface area contributed by atoms with Crippen molar-refractivity contribution in [2.75, 3.05) is 12.3 Å². The van der Waals surface area contributed by atoms with Crippen molar-refractivity contribution >= 4 is 35.1 Å². The molecule has 0 atom stereocenters. The van der Waals surface area contributed by atoms with Gasteiger partial charge in [-0.15, -0.1) is 0 Å². The van der Waals surface area contributed by atoms with Crippen molar-refractivity contribution in [2.24, 2.45) is 0 Å². The fourth-order valence-electron chi connectivity index (χ4n) is 0.947. The monoisotopic (exact) mass is 304 g/mol. The fraction of sp³-hybridized carbons (Fsp3) is 0.100. The van der Waals surface area contributed by atoms with Gasteiger partial charge in [0.25, 0.3) is 0 Å². The molecule has 0 amide bonds. The normalized spacial score (nSPS) is 9.37. The average molecular weight is 305 g/mol. The Morgan fingerprint density at radius 3 is 2.63 bits per heavy atom. The van der Waals surface area contributed by atoms with Crippen LogP contribution >= 0.6 is 23.2 Å². The van der Waals surface area contributed by atoms with Crippen LogP contribution < -0.4 is 10.5 Å². The number of carboxylic acid groups (broad SMARTS) is 1. The number of anilines is 1. The second-order valence-corrected chi connectivity index (χ2v) is 3.97. The first-order chi connectivity index (χ1) is 8.99. The number of aliphatic carboxylic acids is 1. The highest BCUT2D eigenvalue weighted by Crippen LogP contribution is 2.27. The summed E-state index contributed by atoms with van der Waals surface area (Å²) in [4.78, 5) is 13.7. The van der Waals surface area contributed by atoms with Gasteiger partial charge in [0.15, 0.2) is 6.61 Å². The van der Waals surface area contributed by atoms with E-state index in [0.717, 1.165) is 0 Å². The summed E-state index contributed by atoms with van der Waals surface area (Å²) >= 11 is 11.3. The van der Waals surface area contributed by atoms with Gasteiger partial charge in [0.1, 0.15) is 12.1 Å². The number of nitrogens with one attached hydrogen (secondary N) is 1. The summed E-state index contributed by atoms with van der Waals surface area (Å²) in [6.07, 6.45) is 1.36. The molecule has 0 bridgehead atoms. The van der Waals surface area contributed by atoms with Crippen LogP contribution in [0.4, 0.5) is 5.95 Å². The lowest BCUT2D eigenvalue weighted by Gasteiger charge is -2.04. The predicted octanol–water partition coefficient (Wildman–Crippen LogP) is 1.84. The molecule has 0 fully saturated rings. The maximum Gasteiger partial charge on any atom is 0.341 e. The highest BCUT2D eigenvalue weighted by atomic mass is 35.5. The summed E-state index contributed by atoms with van der Waals surface area (Å²) in [7, 11) is 0. The predicted molar refractivity (Wildman–Crippen MR) is 70.4 cm³/mol. The van der Waals surface area contributed by atoms with Crippen LogP contribution in [-0.2, 0) is 4.79 Å². The zero-order valence-electron chi connectivity index (χ0n) is 9.51. The zero-order chi connectivity index (χ0) is 14.3. The number of carbonyl (C=O) groups is 1. The van der Waals surface area contributed by atoms with Crippen LogP contribution in [0.2, 0.25) is 10.0 Å². The van der Waals surface area contributed by atoms with E-state index in [1.807, 2.05) is 0 Å². The van der Waals surface area contributed by atoms with Crippen LogP contribution in [0.15, 0.2) is 24.5 Å².